The van der Waals surface area contributed by atoms with Gasteiger partial charge in [0.15, 0.2) is 0 Å². The van der Waals surface area contributed by atoms with Crippen molar-refractivity contribution >= 4 is 16.8 Å². The second kappa shape index (κ2) is 10.0. The molecule has 0 aliphatic heterocycles. The van der Waals surface area contributed by atoms with E-state index in [1.165, 1.54) is 42.5 Å². The highest BCUT2D eigenvalue weighted by Crippen LogP contribution is 2.17. The Morgan fingerprint density at radius 1 is 1.17 bits per heavy atom. The summed E-state index contributed by atoms with van der Waals surface area (Å²) < 4.78 is 14.7. The van der Waals surface area contributed by atoms with Crippen LogP contribution < -0.4 is 16.3 Å². The van der Waals surface area contributed by atoms with E-state index in [0.29, 0.717) is 34.3 Å². The lowest BCUT2D eigenvalue weighted by Crippen LogP contribution is -2.35. The molecule has 1 aromatic carbocycles. The van der Waals surface area contributed by atoms with Crippen LogP contribution in [0.4, 0.5) is 4.39 Å². The number of amides is 1. The van der Waals surface area contributed by atoms with E-state index in [1.807, 2.05) is 6.92 Å². The van der Waals surface area contributed by atoms with Gasteiger partial charge in [0.1, 0.15) is 5.82 Å². The van der Waals surface area contributed by atoms with Gasteiger partial charge in [-0.15, -0.1) is 0 Å². The molecule has 6 nitrogen and oxygen atoms in total. The number of benzene rings is 1. The highest BCUT2D eigenvalue weighted by molar-refractivity contribution is 6.06. The zero-order chi connectivity index (χ0) is 21.5. The minimum Gasteiger partial charge on any atom is -0.348 e. The lowest BCUT2D eigenvalue weighted by molar-refractivity contribution is 0.0951. The standard InChI is InChI=1S/C19H19FN4O2.C4H8/c1-3-23-24-12(2)16(17-15(19(24)26)8-5-9-21-17)18(25)22-11-13-6-4-7-14(20)10-13;1-2-4-3-1/h4-10,23H,3,11H2,1-2H3,(H,22,25);1-4H2. The summed E-state index contributed by atoms with van der Waals surface area (Å²) in [6, 6.07) is 9.32. The summed E-state index contributed by atoms with van der Waals surface area (Å²) in [6.07, 6.45) is 7.54. The summed E-state index contributed by atoms with van der Waals surface area (Å²) in [5.74, 6) is -0.733. The molecule has 1 amide bonds. The van der Waals surface area contributed by atoms with Gasteiger partial charge < -0.3 is 10.7 Å². The number of halogens is 1. The average molecular weight is 410 g/mol. The number of fused-ring (bicyclic) bond motifs is 1. The first kappa shape index (κ1) is 21.5. The minimum absolute atomic E-state index is 0.171. The molecule has 3 aromatic rings. The molecule has 1 aliphatic carbocycles. The molecule has 0 atom stereocenters. The van der Waals surface area contributed by atoms with E-state index in [4.69, 9.17) is 0 Å². The van der Waals surface area contributed by atoms with E-state index in [2.05, 4.69) is 15.7 Å². The van der Waals surface area contributed by atoms with Crippen molar-refractivity contribution in [1.82, 2.24) is 15.0 Å². The third-order valence-corrected chi connectivity index (χ3v) is 5.06. The van der Waals surface area contributed by atoms with Gasteiger partial charge in [-0.2, -0.15) is 0 Å². The number of hydrogen-bond donors (Lipinski definition) is 2. The topological polar surface area (TPSA) is 76.0 Å². The molecule has 0 saturated heterocycles. The number of carbonyl (C=O) groups is 1. The summed E-state index contributed by atoms with van der Waals surface area (Å²) in [6.45, 7) is 4.25. The summed E-state index contributed by atoms with van der Waals surface area (Å²) >= 11 is 0. The Labute approximate surface area is 175 Å². The van der Waals surface area contributed by atoms with Crippen molar-refractivity contribution in [3.63, 3.8) is 0 Å². The van der Waals surface area contributed by atoms with E-state index in [0.717, 1.165) is 0 Å². The molecule has 2 N–H and O–H groups in total. The number of hydrogen-bond acceptors (Lipinski definition) is 4. The first-order valence-corrected chi connectivity index (χ1v) is 10.3. The van der Waals surface area contributed by atoms with E-state index in [1.54, 1.807) is 37.4 Å². The van der Waals surface area contributed by atoms with Crippen LogP contribution in [0.1, 0.15) is 54.2 Å². The second-order valence-electron chi connectivity index (χ2n) is 7.24. The van der Waals surface area contributed by atoms with Gasteiger partial charge >= 0.3 is 0 Å². The zero-order valence-electron chi connectivity index (χ0n) is 17.4. The van der Waals surface area contributed by atoms with Crippen molar-refractivity contribution in [3.8, 4) is 0 Å². The quantitative estimate of drug-likeness (QED) is 0.669. The number of carbonyl (C=O) groups excluding carboxylic acids is 1. The van der Waals surface area contributed by atoms with Crippen molar-refractivity contribution in [3.05, 3.63) is 75.6 Å². The summed E-state index contributed by atoms with van der Waals surface area (Å²) in [5, 5.41) is 3.13. The molecule has 0 unspecified atom stereocenters. The maximum Gasteiger partial charge on any atom is 0.278 e. The Morgan fingerprint density at radius 3 is 2.53 bits per heavy atom. The molecule has 0 radical (unpaired) electrons. The van der Waals surface area contributed by atoms with Gasteiger partial charge in [0.2, 0.25) is 0 Å². The molecule has 4 rings (SSSR count). The lowest BCUT2D eigenvalue weighted by atomic mass is 10.0. The molecule has 2 heterocycles. The predicted octanol–water partition coefficient (Wildman–Crippen LogP) is 3.90. The minimum atomic E-state index is -0.373. The zero-order valence-corrected chi connectivity index (χ0v) is 17.4. The molecule has 7 heteroatoms. The third kappa shape index (κ3) is 4.84. The normalized spacial score (nSPS) is 12.5. The summed E-state index contributed by atoms with van der Waals surface area (Å²) in [5.41, 5.74) is 4.49. The van der Waals surface area contributed by atoms with Crippen LogP contribution in [-0.2, 0) is 6.54 Å². The molecule has 0 bridgehead atoms. The Hall–Kier alpha value is -3.22. The fourth-order valence-electron chi connectivity index (χ4n) is 3.12. The molecule has 0 spiro atoms. The SMILES string of the molecule is C1CCC1.CCNn1c(C)c(C(=O)NCc2cccc(F)c2)c2ncccc2c1=O. The van der Waals surface area contributed by atoms with E-state index in [9.17, 15) is 14.0 Å². The van der Waals surface area contributed by atoms with Crippen LogP contribution in [0.2, 0.25) is 0 Å². The van der Waals surface area contributed by atoms with Gasteiger partial charge in [0.25, 0.3) is 11.5 Å². The van der Waals surface area contributed by atoms with Crippen LogP contribution in [-0.4, -0.2) is 22.1 Å². The van der Waals surface area contributed by atoms with Crippen LogP contribution in [0.5, 0.6) is 0 Å². The predicted molar refractivity (Wildman–Crippen MR) is 117 cm³/mol. The van der Waals surface area contributed by atoms with Crippen molar-refractivity contribution in [2.24, 2.45) is 0 Å². The van der Waals surface area contributed by atoms with Crippen molar-refractivity contribution in [2.75, 3.05) is 12.0 Å². The molecule has 30 heavy (non-hydrogen) atoms. The van der Waals surface area contributed by atoms with Crippen LogP contribution in [0.3, 0.4) is 0 Å². The Bertz CT molecular complexity index is 1090. The van der Waals surface area contributed by atoms with Crippen LogP contribution in [0.15, 0.2) is 47.4 Å². The molecular formula is C23H27FN4O2. The number of nitrogens with one attached hydrogen (secondary N) is 2. The molecule has 2 aromatic heterocycles. The molecule has 1 saturated carbocycles. The fourth-order valence-corrected chi connectivity index (χ4v) is 3.12. The van der Waals surface area contributed by atoms with Crippen molar-refractivity contribution < 1.29 is 9.18 Å². The number of pyridine rings is 2. The van der Waals surface area contributed by atoms with Gasteiger partial charge in [-0.1, -0.05) is 37.8 Å². The van der Waals surface area contributed by atoms with Crippen LogP contribution >= 0.6 is 0 Å². The highest BCUT2D eigenvalue weighted by Gasteiger charge is 2.20. The largest absolute Gasteiger partial charge is 0.348 e. The maximum atomic E-state index is 13.3. The Morgan fingerprint density at radius 2 is 1.90 bits per heavy atom. The summed E-state index contributed by atoms with van der Waals surface area (Å²) in [7, 11) is 0. The van der Waals surface area contributed by atoms with Gasteiger partial charge in [-0.05, 0) is 43.7 Å². The highest BCUT2D eigenvalue weighted by atomic mass is 19.1. The van der Waals surface area contributed by atoms with Crippen LogP contribution in [0, 0.1) is 12.7 Å². The smallest absolute Gasteiger partial charge is 0.278 e. The third-order valence-electron chi connectivity index (χ3n) is 5.06. The molecule has 1 fully saturated rings. The van der Waals surface area contributed by atoms with Crippen molar-refractivity contribution in [1.29, 1.82) is 0 Å². The number of aromatic nitrogens is 2. The number of rotatable bonds is 5. The first-order valence-electron chi connectivity index (χ1n) is 10.3. The molecular weight excluding hydrogens is 383 g/mol. The fraction of sp³-hybridized carbons (Fsp3) is 0.348. The van der Waals surface area contributed by atoms with Gasteiger partial charge in [-0.3, -0.25) is 14.6 Å². The van der Waals surface area contributed by atoms with Gasteiger partial charge in [-0.25, -0.2) is 9.07 Å². The van der Waals surface area contributed by atoms with Crippen molar-refractivity contribution in [2.45, 2.75) is 46.1 Å². The Kier molecular flexibility index (Phi) is 7.17. The van der Waals surface area contributed by atoms with Gasteiger partial charge in [0.05, 0.1) is 22.2 Å². The summed E-state index contributed by atoms with van der Waals surface area (Å²) in [4.78, 5) is 29.7. The number of nitrogens with zero attached hydrogens (tertiary/aromatic N) is 2. The van der Waals surface area contributed by atoms with Gasteiger partial charge in [0, 0.05) is 19.3 Å². The molecule has 158 valence electrons. The van der Waals surface area contributed by atoms with E-state index >= 15 is 0 Å². The Balaban J connectivity index is 0.000000572. The van der Waals surface area contributed by atoms with E-state index < -0.39 is 0 Å². The average Bonchev–Trinajstić information content (AvgIpc) is 2.68. The van der Waals surface area contributed by atoms with Crippen LogP contribution in [0.25, 0.3) is 10.9 Å². The second-order valence-corrected chi connectivity index (χ2v) is 7.24. The maximum absolute atomic E-state index is 13.3. The lowest BCUT2D eigenvalue weighted by Gasteiger charge is -2.17. The first-order chi connectivity index (χ1) is 14.5. The monoisotopic (exact) mass is 410 g/mol. The van der Waals surface area contributed by atoms with E-state index in [-0.39, 0.29) is 23.8 Å². The molecule has 1 aliphatic rings.